The zero-order valence-electron chi connectivity index (χ0n) is 15.1. The number of fused-ring (bicyclic) bond motifs is 1. The molecule has 28 heavy (non-hydrogen) atoms. The highest BCUT2D eigenvalue weighted by Crippen LogP contribution is 2.34. The Morgan fingerprint density at radius 3 is 2.29 bits per heavy atom. The molecule has 3 aromatic rings. The van der Waals surface area contributed by atoms with Crippen molar-refractivity contribution in [2.45, 2.75) is 19.1 Å². The Balaban J connectivity index is 1.42. The van der Waals surface area contributed by atoms with E-state index in [0.29, 0.717) is 33.7 Å². The Hall–Kier alpha value is -3.18. The Kier molecular flexibility index (Phi) is 5.08. The summed E-state index contributed by atoms with van der Waals surface area (Å²) in [5.41, 5.74) is 0.631. The third-order valence-corrected chi connectivity index (χ3v) is 4.60. The van der Waals surface area contributed by atoms with E-state index in [1.165, 1.54) is 0 Å². The van der Waals surface area contributed by atoms with Crippen LogP contribution in [0.1, 0.15) is 6.92 Å². The highest BCUT2D eigenvalue weighted by Gasteiger charge is 2.34. The molecule has 4 rings (SSSR count). The second-order valence-electron chi connectivity index (χ2n) is 6.35. The number of carbonyl (C=O) groups is 1. The first-order chi connectivity index (χ1) is 13.6. The summed E-state index contributed by atoms with van der Waals surface area (Å²) < 4.78 is 17.4. The van der Waals surface area contributed by atoms with Gasteiger partial charge in [0, 0.05) is 5.69 Å². The summed E-state index contributed by atoms with van der Waals surface area (Å²) in [6.45, 7) is 1.81. The molecule has 1 aliphatic rings. The van der Waals surface area contributed by atoms with E-state index in [1.807, 2.05) is 30.3 Å². The van der Waals surface area contributed by atoms with Gasteiger partial charge in [-0.25, -0.2) is 0 Å². The van der Waals surface area contributed by atoms with Crippen molar-refractivity contribution in [2.24, 2.45) is 0 Å². The van der Waals surface area contributed by atoms with Gasteiger partial charge in [-0.1, -0.05) is 35.9 Å². The Labute approximate surface area is 167 Å². The van der Waals surface area contributed by atoms with Crippen molar-refractivity contribution in [3.63, 3.8) is 0 Å². The molecule has 0 aromatic heterocycles. The minimum absolute atomic E-state index is 0.276. The van der Waals surface area contributed by atoms with Crippen molar-refractivity contribution in [2.75, 3.05) is 5.32 Å². The summed E-state index contributed by atoms with van der Waals surface area (Å²) in [5.74, 6) is 2.11. The predicted octanol–water partition coefficient (Wildman–Crippen LogP) is 5.30. The summed E-state index contributed by atoms with van der Waals surface area (Å²) >= 11 is 6.10. The minimum atomic E-state index is -0.742. The van der Waals surface area contributed by atoms with Gasteiger partial charge in [0.05, 0.1) is 5.02 Å². The number of benzene rings is 3. The Morgan fingerprint density at radius 2 is 1.57 bits per heavy atom. The number of nitrogens with one attached hydrogen (secondary N) is 1. The van der Waals surface area contributed by atoms with Crippen molar-refractivity contribution >= 4 is 23.2 Å². The van der Waals surface area contributed by atoms with Crippen LogP contribution in [0.15, 0.2) is 72.8 Å². The van der Waals surface area contributed by atoms with E-state index in [1.54, 1.807) is 49.4 Å². The normalized spacial score (nSPS) is 17.6. The van der Waals surface area contributed by atoms with Crippen molar-refractivity contribution < 1.29 is 19.0 Å². The molecule has 0 saturated heterocycles. The first-order valence-electron chi connectivity index (χ1n) is 8.86. The number of amides is 1. The van der Waals surface area contributed by atoms with Gasteiger partial charge in [-0.05, 0) is 55.5 Å². The molecule has 142 valence electrons. The van der Waals surface area contributed by atoms with E-state index < -0.39 is 12.2 Å². The number of anilines is 1. The van der Waals surface area contributed by atoms with Crippen LogP contribution >= 0.6 is 11.6 Å². The van der Waals surface area contributed by atoms with Crippen LogP contribution in [-0.2, 0) is 4.79 Å². The molecule has 0 bridgehead atoms. The SMILES string of the molecule is CC1Oc2ccccc2OC1C(=O)Nc1ccc(Oc2ccccc2Cl)cc1. The lowest BCUT2D eigenvalue weighted by atomic mass is 10.1. The van der Waals surface area contributed by atoms with Crippen LogP contribution < -0.4 is 19.5 Å². The molecule has 1 amide bonds. The number of carbonyl (C=O) groups excluding carboxylic acids is 1. The molecule has 3 aromatic carbocycles. The zero-order valence-corrected chi connectivity index (χ0v) is 15.8. The Morgan fingerprint density at radius 1 is 0.929 bits per heavy atom. The topological polar surface area (TPSA) is 56.8 Å². The molecule has 0 saturated carbocycles. The molecule has 2 atom stereocenters. The average Bonchev–Trinajstić information content (AvgIpc) is 2.70. The highest BCUT2D eigenvalue weighted by atomic mass is 35.5. The third-order valence-electron chi connectivity index (χ3n) is 4.29. The summed E-state index contributed by atoms with van der Waals surface area (Å²) in [5, 5.41) is 3.38. The van der Waals surface area contributed by atoms with Crippen LogP contribution in [0.25, 0.3) is 0 Å². The first kappa shape index (κ1) is 18.2. The van der Waals surface area contributed by atoms with E-state index in [4.69, 9.17) is 25.8 Å². The molecule has 0 radical (unpaired) electrons. The van der Waals surface area contributed by atoms with Crippen LogP contribution in [0.5, 0.6) is 23.0 Å². The molecule has 0 spiro atoms. The number of para-hydroxylation sites is 3. The minimum Gasteiger partial charge on any atom is -0.482 e. The van der Waals surface area contributed by atoms with Crippen LogP contribution in [0.2, 0.25) is 5.02 Å². The van der Waals surface area contributed by atoms with Gasteiger partial charge >= 0.3 is 0 Å². The molecule has 1 N–H and O–H groups in total. The lowest BCUT2D eigenvalue weighted by molar-refractivity contribution is -0.128. The number of rotatable bonds is 4. The fraction of sp³-hybridized carbons (Fsp3) is 0.136. The molecule has 0 aliphatic carbocycles. The second-order valence-corrected chi connectivity index (χ2v) is 6.76. The number of hydrogen-bond acceptors (Lipinski definition) is 4. The van der Waals surface area contributed by atoms with Crippen LogP contribution in [0.3, 0.4) is 0 Å². The van der Waals surface area contributed by atoms with E-state index in [9.17, 15) is 4.79 Å². The molecular weight excluding hydrogens is 378 g/mol. The number of hydrogen-bond donors (Lipinski definition) is 1. The molecule has 6 heteroatoms. The maximum Gasteiger partial charge on any atom is 0.269 e. The van der Waals surface area contributed by atoms with Crippen LogP contribution in [-0.4, -0.2) is 18.1 Å². The van der Waals surface area contributed by atoms with E-state index in [0.717, 1.165) is 0 Å². The summed E-state index contributed by atoms with van der Waals surface area (Å²) in [7, 11) is 0. The van der Waals surface area contributed by atoms with Crippen molar-refractivity contribution in [3.05, 3.63) is 77.8 Å². The third kappa shape index (κ3) is 3.89. The standard InChI is InChI=1S/C22H18ClNO4/c1-14-21(28-20-9-5-4-8-19(20)26-14)22(25)24-15-10-12-16(13-11-15)27-18-7-3-2-6-17(18)23/h2-14,21H,1H3,(H,24,25). The Bertz CT molecular complexity index is 990. The second kappa shape index (κ2) is 7.82. The number of halogens is 1. The molecule has 5 nitrogen and oxygen atoms in total. The molecule has 0 fully saturated rings. The lowest BCUT2D eigenvalue weighted by Gasteiger charge is -2.31. The largest absolute Gasteiger partial charge is 0.482 e. The fourth-order valence-corrected chi connectivity index (χ4v) is 3.05. The molecule has 1 aliphatic heterocycles. The summed E-state index contributed by atoms with van der Waals surface area (Å²) in [6.07, 6.45) is -1.15. The zero-order chi connectivity index (χ0) is 19.5. The van der Waals surface area contributed by atoms with Gasteiger partial charge in [-0.2, -0.15) is 0 Å². The maximum absolute atomic E-state index is 12.6. The van der Waals surface area contributed by atoms with Crippen LogP contribution in [0.4, 0.5) is 5.69 Å². The van der Waals surface area contributed by atoms with Gasteiger partial charge in [-0.3, -0.25) is 4.79 Å². The summed E-state index contributed by atoms with van der Waals surface area (Å²) in [6, 6.07) is 21.6. The first-order valence-corrected chi connectivity index (χ1v) is 9.23. The maximum atomic E-state index is 12.6. The van der Waals surface area contributed by atoms with Gasteiger partial charge in [0.15, 0.2) is 11.5 Å². The average molecular weight is 396 g/mol. The van der Waals surface area contributed by atoms with Gasteiger partial charge in [0.25, 0.3) is 5.91 Å². The van der Waals surface area contributed by atoms with Crippen LogP contribution in [0, 0.1) is 0 Å². The van der Waals surface area contributed by atoms with Crippen molar-refractivity contribution in [1.82, 2.24) is 0 Å². The van der Waals surface area contributed by atoms with Gasteiger partial charge in [0.2, 0.25) is 6.10 Å². The molecule has 1 heterocycles. The van der Waals surface area contributed by atoms with Gasteiger partial charge in [-0.15, -0.1) is 0 Å². The van der Waals surface area contributed by atoms with Crippen molar-refractivity contribution in [3.8, 4) is 23.0 Å². The van der Waals surface area contributed by atoms with Gasteiger partial charge < -0.3 is 19.5 Å². The fourth-order valence-electron chi connectivity index (χ4n) is 2.88. The molecular formula is C22H18ClNO4. The number of ether oxygens (including phenoxy) is 3. The quantitative estimate of drug-likeness (QED) is 0.651. The van der Waals surface area contributed by atoms with Crippen molar-refractivity contribution in [1.29, 1.82) is 0 Å². The van der Waals surface area contributed by atoms with E-state index >= 15 is 0 Å². The van der Waals surface area contributed by atoms with Gasteiger partial charge in [0.1, 0.15) is 17.6 Å². The molecule has 2 unspecified atom stereocenters. The smallest absolute Gasteiger partial charge is 0.269 e. The monoisotopic (exact) mass is 395 g/mol. The highest BCUT2D eigenvalue weighted by molar-refractivity contribution is 6.32. The van der Waals surface area contributed by atoms with E-state index in [-0.39, 0.29) is 5.91 Å². The lowest BCUT2D eigenvalue weighted by Crippen LogP contribution is -2.46. The summed E-state index contributed by atoms with van der Waals surface area (Å²) in [4.78, 5) is 12.6. The predicted molar refractivity (Wildman–Crippen MR) is 108 cm³/mol. The van der Waals surface area contributed by atoms with E-state index in [2.05, 4.69) is 5.32 Å².